The Labute approximate surface area is 150 Å². The number of Topliss-reactive ketones (excluding diaryl/α,β-unsaturated/α-hetero) is 3. The third-order valence-electron chi connectivity index (χ3n) is 3.97. The predicted molar refractivity (Wildman–Crippen MR) is 98.8 cm³/mol. The maximum atomic E-state index is 12.3. The highest BCUT2D eigenvalue weighted by Gasteiger charge is 2.33. The summed E-state index contributed by atoms with van der Waals surface area (Å²) >= 11 is 0. The molecule has 0 atom stereocenters. The first kappa shape index (κ1) is 21.2. The Kier molecular flexibility index (Phi) is 9.20. The fraction of sp³-hybridized carbons (Fsp3) is 0.526. The molecule has 0 bridgehead atoms. The first-order valence-corrected chi connectivity index (χ1v) is 8.47. The van der Waals surface area contributed by atoms with Crippen LogP contribution in [0.3, 0.4) is 0 Å². The van der Waals surface area contributed by atoms with Crippen molar-refractivity contribution in [3.05, 3.63) is 38.0 Å². The van der Waals surface area contributed by atoms with Gasteiger partial charge in [-0.25, -0.2) is 0 Å². The van der Waals surface area contributed by atoms with E-state index in [9.17, 15) is 14.4 Å². The fourth-order valence-corrected chi connectivity index (χ4v) is 3.06. The van der Waals surface area contributed by atoms with E-state index in [0.29, 0.717) is 26.4 Å². The quantitative estimate of drug-likeness (QED) is 0.395. The number of hydrogen-bond donors (Lipinski definition) is 0. The van der Waals surface area contributed by atoms with Gasteiger partial charge in [-0.15, -0.1) is 19.7 Å². The van der Waals surface area contributed by atoms with Gasteiger partial charge in [0.2, 0.25) is 0 Å². The fourth-order valence-electron chi connectivity index (χ4n) is 3.06. The second-order valence-corrected chi connectivity index (χ2v) is 6.36. The van der Waals surface area contributed by atoms with Crippen molar-refractivity contribution in [2.75, 3.05) is 33.0 Å². The van der Waals surface area contributed by atoms with Gasteiger partial charge in [-0.2, -0.15) is 0 Å². The highest BCUT2D eigenvalue weighted by molar-refractivity contribution is 6.06. The Bertz CT molecular complexity index is 510. The van der Waals surface area contributed by atoms with Crippen molar-refractivity contribution < 1.29 is 14.4 Å². The van der Waals surface area contributed by atoms with Crippen molar-refractivity contribution in [1.29, 1.82) is 0 Å². The lowest BCUT2D eigenvalue weighted by Gasteiger charge is -2.47. The number of carbonyl (C=O) groups is 3. The zero-order valence-corrected chi connectivity index (χ0v) is 15.2. The van der Waals surface area contributed by atoms with Crippen molar-refractivity contribution >= 4 is 17.3 Å². The third-order valence-corrected chi connectivity index (χ3v) is 3.97. The van der Waals surface area contributed by atoms with Crippen LogP contribution in [0.15, 0.2) is 38.0 Å². The van der Waals surface area contributed by atoms with E-state index in [0.717, 1.165) is 6.54 Å². The second-order valence-electron chi connectivity index (χ2n) is 6.36. The van der Waals surface area contributed by atoms with Crippen LogP contribution in [0.2, 0.25) is 0 Å². The standard InChI is InChI=1S/C19H29N3O3/c1-5-8-20-14-21(9-6-2)19(22(15-20)10-7-3)13-18(25)12-17(24)11-16(4)23/h5-7,19H,1-3,8-15H2,4H3. The molecule has 6 nitrogen and oxygen atoms in total. The normalized spacial score (nSPS) is 17.2. The van der Waals surface area contributed by atoms with Crippen LogP contribution in [-0.2, 0) is 14.4 Å². The lowest BCUT2D eigenvalue weighted by Crippen LogP contribution is -2.61. The van der Waals surface area contributed by atoms with Gasteiger partial charge in [0.05, 0.1) is 32.3 Å². The summed E-state index contributed by atoms with van der Waals surface area (Å²) in [5.41, 5.74) is 0. The SMILES string of the molecule is C=CCN1CN(CC=C)C(CC(=O)CC(=O)CC(C)=O)N(CC=C)C1. The van der Waals surface area contributed by atoms with E-state index in [4.69, 9.17) is 0 Å². The van der Waals surface area contributed by atoms with Crippen molar-refractivity contribution in [3.8, 4) is 0 Å². The molecule has 1 heterocycles. The molecule has 0 unspecified atom stereocenters. The molecule has 1 aliphatic heterocycles. The van der Waals surface area contributed by atoms with Crippen molar-refractivity contribution in [2.24, 2.45) is 0 Å². The average Bonchev–Trinajstić information content (AvgIpc) is 2.50. The zero-order valence-electron chi connectivity index (χ0n) is 15.2. The molecule has 25 heavy (non-hydrogen) atoms. The van der Waals surface area contributed by atoms with Gasteiger partial charge in [-0.3, -0.25) is 29.1 Å². The van der Waals surface area contributed by atoms with Gasteiger partial charge in [0.1, 0.15) is 17.3 Å². The summed E-state index contributed by atoms with van der Waals surface area (Å²) in [6.07, 6.45) is 5.24. The molecule has 1 rings (SSSR count). The lowest BCUT2D eigenvalue weighted by atomic mass is 10.0. The van der Waals surface area contributed by atoms with Crippen LogP contribution in [0, 0.1) is 0 Å². The molecular weight excluding hydrogens is 318 g/mol. The maximum absolute atomic E-state index is 12.3. The number of carbonyl (C=O) groups excluding carboxylic acids is 3. The Hall–Kier alpha value is -1.89. The molecule has 0 aromatic carbocycles. The van der Waals surface area contributed by atoms with Crippen LogP contribution in [0.5, 0.6) is 0 Å². The Morgan fingerprint density at radius 3 is 1.84 bits per heavy atom. The van der Waals surface area contributed by atoms with E-state index in [2.05, 4.69) is 34.4 Å². The van der Waals surface area contributed by atoms with Crippen LogP contribution in [0.25, 0.3) is 0 Å². The number of rotatable bonds is 12. The van der Waals surface area contributed by atoms with E-state index in [1.807, 2.05) is 18.2 Å². The number of ketones is 3. The lowest BCUT2D eigenvalue weighted by molar-refractivity contribution is -0.132. The summed E-state index contributed by atoms with van der Waals surface area (Å²) in [4.78, 5) is 41.6. The predicted octanol–water partition coefficient (Wildman–Crippen LogP) is 1.60. The maximum Gasteiger partial charge on any atom is 0.147 e. The molecule has 1 aliphatic rings. The molecule has 1 saturated heterocycles. The second kappa shape index (κ2) is 10.9. The first-order chi connectivity index (χ1) is 11.9. The summed E-state index contributed by atoms with van der Waals surface area (Å²) in [5.74, 6) is -0.666. The van der Waals surface area contributed by atoms with Crippen LogP contribution < -0.4 is 0 Å². The topological polar surface area (TPSA) is 60.9 Å². The van der Waals surface area contributed by atoms with Crippen molar-refractivity contribution in [1.82, 2.24) is 14.7 Å². The smallest absolute Gasteiger partial charge is 0.147 e. The van der Waals surface area contributed by atoms with Crippen LogP contribution in [-0.4, -0.2) is 71.2 Å². The van der Waals surface area contributed by atoms with Crippen LogP contribution in [0.1, 0.15) is 26.2 Å². The molecular formula is C19H29N3O3. The molecule has 138 valence electrons. The molecule has 0 spiro atoms. The molecule has 0 aliphatic carbocycles. The molecule has 6 heteroatoms. The number of nitrogens with zero attached hydrogens (tertiary/aromatic N) is 3. The highest BCUT2D eigenvalue weighted by Crippen LogP contribution is 2.19. The Morgan fingerprint density at radius 2 is 1.40 bits per heavy atom. The van der Waals surface area contributed by atoms with Gasteiger partial charge >= 0.3 is 0 Å². The van der Waals surface area contributed by atoms with Gasteiger partial charge in [0.15, 0.2) is 0 Å². The van der Waals surface area contributed by atoms with E-state index < -0.39 is 0 Å². The van der Waals surface area contributed by atoms with Gasteiger partial charge in [0.25, 0.3) is 0 Å². The highest BCUT2D eigenvalue weighted by atomic mass is 16.2. The van der Waals surface area contributed by atoms with E-state index in [1.54, 1.807) is 0 Å². The minimum atomic E-state index is -0.313. The summed E-state index contributed by atoms with van der Waals surface area (Å²) in [5, 5.41) is 0. The van der Waals surface area contributed by atoms with Gasteiger partial charge in [-0.1, -0.05) is 18.2 Å². The Morgan fingerprint density at radius 1 is 0.880 bits per heavy atom. The van der Waals surface area contributed by atoms with Gasteiger partial charge in [0, 0.05) is 26.1 Å². The minimum absolute atomic E-state index is 0.116. The number of hydrogen-bond acceptors (Lipinski definition) is 6. The van der Waals surface area contributed by atoms with Crippen LogP contribution in [0.4, 0.5) is 0 Å². The summed E-state index contributed by atoms with van der Waals surface area (Å²) in [6, 6.07) is 0. The monoisotopic (exact) mass is 347 g/mol. The molecule has 0 saturated carbocycles. The summed E-state index contributed by atoms with van der Waals surface area (Å²) in [7, 11) is 0. The first-order valence-electron chi connectivity index (χ1n) is 8.47. The van der Waals surface area contributed by atoms with Gasteiger partial charge < -0.3 is 0 Å². The largest absolute Gasteiger partial charge is 0.300 e. The van der Waals surface area contributed by atoms with Crippen molar-refractivity contribution in [3.63, 3.8) is 0 Å². The molecule has 0 aromatic heterocycles. The zero-order chi connectivity index (χ0) is 18.8. The molecule has 0 radical (unpaired) electrons. The van der Waals surface area contributed by atoms with Crippen molar-refractivity contribution in [2.45, 2.75) is 32.4 Å². The van der Waals surface area contributed by atoms with Gasteiger partial charge in [-0.05, 0) is 6.92 Å². The van der Waals surface area contributed by atoms with Crippen LogP contribution >= 0.6 is 0 Å². The van der Waals surface area contributed by atoms with E-state index in [-0.39, 0.29) is 42.8 Å². The third kappa shape index (κ3) is 7.25. The summed E-state index contributed by atoms with van der Waals surface area (Å²) < 4.78 is 0. The minimum Gasteiger partial charge on any atom is -0.300 e. The van der Waals surface area contributed by atoms with E-state index in [1.165, 1.54) is 6.92 Å². The Balaban J connectivity index is 2.81. The molecule has 0 aromatic rings. The molecule has 1 fully saturated rings. The molecule has 0 amide bonds. The van der Waals surface area contributed by atoms with E-state index >= 15 is 0 Å². The average molecular weight is 347 g/mol. The molecule has 0 N–H and O–H groups in total. The summed E-state index contributed by atoms with van der Waals surface area (Å²) in [6.45, 7) is 16.2.